The van der Waals surface area contributed by atoms with Crippen molar-refractivity contribution in [2.24, 2.45) is 0 Å². The Bertz CT molecular complexity index is 482. The summed E-state index contributed by atoms with van der Waals surface area (Å²) >= 11 is 0. The summed E-state index contributed by atoms with van der Waals surface area (Å²) in [6.07, 6.45) is 0. The lowest BCUT2D eigenvalue weighted by Gasteiger charge is -2.06. The number of benzene rings is 2. The van der Waals surface area contributed by atoms with Crippen molar-refractivity contribution in [2.75, 3.05) is 7.11 Å². The van der Waals surface area contributed by atoms with E-state index in [1.165, 1.54) is 0 Å². The molecular formula is C13H13BO3. The van der Waals surface area contributed by atoms with Crippen molar-refractivity contribution in [3.05, 3.63) is 48.5 Å². The van der Waals surface area contributed by atoms with Gasteiger partial charge >= 0.3 is 7.69 Å². The lowest BCUT2D eigenvalue weighted by Crippen LogP contribution is -1.99. The molecule has 0 spiro atoms. The zero-order valence-electron chi connectivity index (χ0n) is 9.59. The van der Waals surface area contributed by atoms with Crippen LogP contribution in [0.5, 0.6) is 11.5 Å². The van der Waals surface area contributed by atoms with Crippen LogP contribution in [0, 0.1) is 0 Å². The first-order valence-corrected chi connectivity index (χ1v) is 5.31. The molecule has 0 saturated heterocycles. The Morgan fingerprint density at radius 3 is 2.35 bits per heavy atom. The van der Waals surface area contributed by atoms with Gasteiger partial charge in [0.25, 0.3) is 0 Å². The molecule has 0 radical (unpaired) electrons. The zero-order valence-corrected chi connectivity index (χ0v) is 9.59. The number of hydrogen-bond acceptors (Lipinski definition) is 3. The summed E-state index contributed by atoms with van der Waals surface area (Å²) < 4.78 is 10.2. The first kappa shape index (κ1) is 11.5. The molecule has 0 heterocycles. The molecule has 0 aromatic heterocycles. The second-order valence-corrected chi connectivity index (χ2v) is 3.53. The van der Waals surface area contributed by atoms with E-state index < -0.39 is 0 Å². The quantitative estimate of drug-likeness (QED) is 0.813. The van der Waals surface area contributed by atoms with Crippen molar-refractivity contribution in [2.45, 2.75) is 0 Å². The fourth-order valence-corrected chi connectivity index (χ4v) is 1.62. The molecule has 86 valence electrons. The van der Waals surface area contributed by atoms with Gasteiger partial charge in [0.2, 0.25) is 0 Å². The molecular weight excluding hydrogens is 215 g/mol. The summed E-state index contributed by atoms with van der Waals surface area (Å²) in [6, 6.07) is 15.4. The van der Waals surface area contributed by atoms with Gasteiger partial charge in [-0.1, -0.05) is 24.3 Å². The third-order valence-corrected chi connectivity index (χ3v) is 2.49. The Morgan fingerprint density at radius 2 is 1.71 bits per heavy atom. The van der Waals surface area contributed by atoms with E-state index in [0.717, 1.165) is 16.9 Å². The zero-order chi connectivity index (χ0) is 12.1. The second kappa shape index (κ2) is 5.41. The van der Waals surface area contributed by atoms with Crippen LogP contribution in [0.4, 0.5) is 0 Å². The number of methoxy groups -OCH3 is 1. The van der Waals surface area contributed by atoms with Gasteiger partial charge in [-0.2, -0.15) is 0 Å². The summed E-state index contributed by atoms with van der Waals surface area (Å²) in [6.45, 7) is 0. The highest BCUT2D eigenvalue weighted by molar-refractivity contribution is 6.17. The summed E-state index contributed by atoms with van der Waals surface area (Å²) in [4.78, 5) is 0. The van der Waals surface area contributed by atoms with Crippen LogP contribution in [-0.4, -0.2) is 19.8 Å². The predicted octanol–water partition coefficient (Wildman–Crippen LogP) is 2.00. The van der Waals surface area contributed by atoms with Crippen LogP contribution in [0.1, 0.15) is 0 Å². The average molecular weight is 228 g/mol. The molecule has 0 aliphatic rings. The molecule has 0 aliphatic heterocycles. The first-order valence-electron chi connectivity index (χ1n) is 5.31. The van der Waals surface area contributed by atoms with Gasteiger partial charge in [0.05, 0.1) is 7.11 Å². The Kier molecular flexibility index (Phi) is 3.68. The van der Waals surface area contributed by atoms with E-state index in [-0.39, 0.29) is 7.69 Å². The van der Waals surface area contributed by atoms with Gasteiger partial charge in [-0.3, -0.25) is 0 Å². The minimum absolute atomic E-state index is 0.307. The van der Waals surface area contributed by atoms with Crippen molar-refractivity contribution < 1.29 is 14.4 Å². The highest BCUT2D eigenvalue weighted by atomic mass is 16.5. The summed E-state index contributed by atoms with van der Waals surface area (Å²) in [7, 11) is 1.34. The van der Waals surface area contributed by atoms with Gasteiger partial charge in [-0.25, -0.2) is 0 Å². The Morgan fingerprint density at radius 1 is 0.941 bits per heavy atom. The smallest absolute Gasteiger partial charge is 0.504 e. The molecule has 1 N–H and O–H groups in total. The molecule has 2 aromatic rings. The van der Waals surface area contributed by atoms with Crippen molar-refractivity contribution in [3.63, 3.8) is 0 Å². The molecule has 0 atom stereocenters. The van der Waals surface area contributed by atoms with Crippen molar-refractivity contribution in [1.82, 2.24) is 0 Å². The number of hydrogen-bond donors (Lipinski definition) is 1. The molecule has 2 rings (SSSR count). The Balaban J connectivity index is 2.26. The van der Waals surface area contributed by atoms with E-state index >= 15 is 0 Å². The minimum atomic E-state index is -0.307. The maximum atomic E-state index is 8.64. The van der Waals surface area contributed by atoms with Crippen LogP contribution in [0.15, 0.2) is 48.5 Å². The SMILES string of the molecule is COc1cccc(-c2ccc(OBO)cc2)c1. The second-order valence-electron chi connectivity index (χ2n) is 3.53. The van der Waals surface area contributed by atoms with Gasteiger partial charge < -0.3 is 14.4 Å². The van der Waals surface area contributed by atoms with E-state index in [9.17, 15) is 0 Å². The number of rotatable bonds is 4. The summed E-state index contributed by atoms with van der Waals surface area (Å²) in [5.74, 6) is 1.48. The van der Waals surface area contributed by atoms with Crippen LogP contribution in [0.2, 0.25) is 0 Å². The Hall–Kier alpha value is -1.94. The van der Waals surface area contributed by atoms with E-state index in [2.05, 4.69) is 0 Å². The molecule has 3 nitrogen and oxygen atoms in total. The van der Waals surface area contributed by atoms with Crippen molar-refractivity contribution in [1.29, 1.82) is 0 Å². The first-order chi connectivity index (χ1) is 8.33. The van der Waals surface area contributed by atoms with Crippen LogP contribution in [0.3, 0.4) is 0 Å². The van der Waals surface area contributed by atoms with Gasteiger partial charge in [0, 0.05) is 0 Å². The fourth-order valence-electron chi connectivity index (χ4n) is 1.62. The normalized spacial score (nSPS) is 9.76. The van der Waals surface area contributed by atoms with E-state index in [1.807, 2.05) is 48.5 Å². The fraction of sp³-hybridized carbons (Fsp3) is 0.0769. The monoisotopic (exact) mass is 228 g/mol. The minimum Gasteiger partial charge on any atom is -0.539 e. The van der Waals surface area contributed by atoms with Crippen LogP contribution in [0.25, 0.3) is 11.1 Å². The van der Waals surface area contributed by atoms with Gasteiger partial charge in [-0.15, -0.1) is 0 Å². The van der Waals surface area contributed by atoms with Gasteiger partial charge in [-0.05, 0) is 35.4 Å². The molecule has 17 heavy (non-hydrogen) atoms. The largest absolute Gasteiger partial charge is 0.539 e. The predicted molar refractivity (Wildman–Crippen MR) is 68.4 cm³/mol. The number of ether oxygens (including phenoxy) is 1. The van der Waals surface area contributed by atoms with Crippen LogP contribution < -0.4 is 9.39 Å². The van der Waals surface area contributed by atoms with E-state index in [4.69, 9.17) is 14.4 Å². The maximum Gasteiger partial charge on any atom is 0.504 e. The molecule has 0 aliphatic carbocycles. The van der Waals surface area contributed by atoms with Gasteiger partial charge in [0.15, 0.2) is 0 Å². The highest BCUT2D eigenvalue weighted by Crippen LogP contribution is 2.25. The molecule has 0 bridgehead atoms. The standard InChI is InChI=1S/C13H13BO3/c1-16-13-4-2-3-11(9-13)10-5-7-12(8-6-10)17-14-15/h2-9,14-15H,1H3. The average Bonchev–Trinajstić information content (AvgIpc) is 2.40. The summed E-state index contributed by atoms with van der Waals surface area (Å²) in [5, 5.41) is 8.64. The molecule has 0 unspecified atom stereocenters. The topological polar surface area (TPSA) is 38.7 Å². The van der Waals surface area contributed by atoms with Crippen LogP contribution in [-0.2, 0) is 0 Å². The Labute approximate surface area is 101 Å². The lowest BCUT2D eigenvalue weighted by atomic mass is 10.1. The van der Waals surface area contributed by atoms with Crippen LogP contribution >= 0.6 is 0 Å². The molecule has 2 aromatic carbocycles. The van der Waals surface area contributed by atoms with Crippen molar-refractivity contribution in [3.8, 4) is 22.6 Å². The maximum absolute atomic E-state index is 8.64. The van der Waals surface area contributed by atoms with Crippen molar-refractivity contribution >= 4 is 7.69 Å². The third-order valence-electron chi connectivity index (χ3n) is 2.49. The molecule has 4 heteroatoms. The highest BCUT2D eigenvalue weighted by Gasteiger charge is 2.00. The summed E-state index contributed by atoms with van der Waals surface area (Å²) in [5.41, 5.74) is 2.16. The lowest BCUT2D eigenvalue weighted by molar-refractivity contribution is 0.415. The van der Waals surface area contributed by atoms with Gasteiger partial charge in [0.1, 0.15) is 11.5 Å². The molecule has 0 saturated carbocycles. The molecule has 0 fully saturated rings. The third kappa shape index (κ3) is 2.79. The van der Waals surface area contributed by atoms with E-state index in [0.29, 0.717) is 5.75 Å². The van der Waals surface area contributed by atoms with E-state index in [1.54, 1.807) is 7.11 Å². The molecule has 0 amide bonds.